The second kappa shape index (κ2) is 4.64. The third-order valence-electron chi connectivity index (χ3n) is 4.00. The van der Waals surface area contributed by atoms with Crippen LogP contribution < -0.4 is 4.90 Å². The lowest BCUT2D eigenvalue weighted by Gasteiger charge is -2.24. The van der Waals surface area contributed by atoms with E-state index in [-0.39, 0.29) is 5.41 Å². The summed E-state index contributed by atoms with van der Waals surface area (Å²) in [5.74, 6) is 0. The maximum atomic E-state index is 2.34. The summed E-state index contributed by atoms with van der Waals surface area (Å²) in [5, 5.41) is 2.67. The normalized spacial score (nSPS) is 11.8. The van der Waals surface area contributed by atoms with Crippen LogP contribution >= 0.6 is 0 Å². The lowest BCUT2D eigenvalue weighted by Crippen LogP contribution is -2.15. The summed E-state index contributed by atoms with van der Waals surface area (Å²) in [5.41, 5.74) is 2.96. The van der Waals surface area contributed by atoms with Crippen LogP contribution in [-0.4, -0.2) is 14.1 Å². The first-order valence-electron chi connectivity index (χ1n) is 6.66. The summed E-state index contributed by atoms with van der Waals surface area (Å²) in [6.45, 7) is 6.87. The van der Waals surface area contributed by atoms with E-state index in [4.69, 9.17) is 0 Å². The lowest BCUT2D eigenvalue weighted by atomic mass is 9.81. The van der Waals surface area contributed by atoms with Gasteiger partial charge in [-0.2, -0.15) is 0 Å². The van der Waals surface area contributed by atoms with Crippen molar-refractivity contribution in [1.29, 1.82) is 0 Å². The van der Waals surface area contributed by atoms with Crippen molar-refractivity contribution in [2.75, 3.05) is 19.0 Å². The first kappa shape index (κ1) is 12.9. The monoisotopic (exact) mass is 241 g/mol. The Morgan fingerprint density at radius 1 is 1.06 bits per heavy atom. The molecule has 0 aromatic heterocycles. The minimum Gasteiger partial charge on any atom is -0.377 e. The van der Waals surface area contributed by atoms with Crippen LogP contribution in [0.5, 0.6) is 0 Å². The Bertz CT molecular complexity index is 553. The third kappa shape index (κ3) is 2.22. The molecule has 0 radical (unpaired) electrons. The third-order valence-corrected chi connectivity index (χ3v) is 4.00. The maximum absolute atomic E-state index is 2.34. The molecule has 0 aliphatic carbocycles. The molecule has 0 bridgehead atoms. The Balaban J connectivity index is 2.61. The van der Waals surface area contributed by atoms with Crippen molar-refractivity contribution >= 4 is 16.5 Å². The fourth-order valence-electron chi connectivity index (χ4n) is 2.28. The van der Waals surface area contributed by atoms with Gasteiger partial charge in [0.2, 0.25) is 0 Å². The molecule has 0 aliphatic heterocycles. The molecule has 0 saturated heterocycles. The van der Waals surface area contributed by atoms with E-state index in [2.05, 4.69) is 76.2 Å². The number of rotatable bonds is 3. The average Bonchev–Trinajstić information content (AvgIpc) is 2.37. The van der Waals surface area contributed by atoms with Gasteiger partial charge in [-0.25, -0.2) is 0 Å². The van der Waals surface area contributed by atoms with Crippen LogP contribution in [0.15, 0.2) is 36.4 Å². The van der Waals surface area contributed by atoms with Gasteiger partial charge < -0.3 is 4.90 Å². The zero-order valence-corrected chi connectivity index (χ0v) is 12.1. The molecule has 2 aromatic rings. The summed E-state index contributed by atoms with van der Waals surface area (Å²) in [6.07, 6.45) is 1.16. The Kier molecular flexibility index (Phi) is 3.34. The molecule has 0 aliphatic rings. The molecule has 0 spiro atoms. The van der Waals surface area contributed by atoms with Gasteiger partial charge in [-0.1, -0.05) is 51.1 Å². The summed E-state index contributed by atoms with van der Waals surface area (Å²) >= 11 is 0. The highest BCUT2D eigenvalue weighted by Crippen LogP contribution is 2.32. The first-order chi connectivity index (χ1) is 8.45. The minimum absolute atomic E-state index is 0.252. The summed E-state index contributed by atoms with van der Waals surface area (Å²) < 4.78 is 0. The molecule has 0 saturated carbocycles. The van der Waals surface area contributed by atoms with E-state index in [1.165, 1.54) is 22.0 Å². The van der Waals surface area contributed by atoms with Crippen molar-refractivity contribution in [2.45, 2.75) is 32.6 Å². The van der Waals surface area contributed by atoms with Crippen molar-refractivity contribution in [1.82, 2.24) is 0 Å². The fourth-order valence-corrected chi connectivity index (χ4v) is 2.28. The topological polar surface area (TPSA) is 3.24 Å². The molecular formula is C17H23N. The number of nitrogens with zero attached hydrogens (tertiary/aromatic N) is 1. The Labute approximate surface area is 110 Å². The Hall–Kier alpha value is -1.50. The van der Waals surface area contributed by atoms with E-state index in [0.29, 0.717) is 0 Å². The van der Waals surface area contributed by atoms with Crippen LogP contribution in [0.2, 0.25) is 0 Å². The van der Waals surface area contributed by atoms with Crippen LogP contribution in [0.4, 0.5) is 5.69 Å². The second-order valence-electron chi connectivity index (χ2n) is 5.84. The standard InChI is InChI=1S/C17H23N/c1-6-17(2,3)14-10-11-15-13(12-14)8-7-9-16(15)18(4)5/h7-12H,6H2,1-5H3. The van der Waals surface area contributed by atoms with E-state index in [0.717, 1.165) is 6.42 Å². The Morgan fingerprint density at radius 2 is 1.78 bits per heavy atom. The number of fused-ring (bicyclic) bond motifs is 1. The highest BCUT2D eigenvalue weighted by atomic mass is 15.1. The largest absolute Gasteiger partial charge is 0.377 e. The van der Waals surface area contributed by atoms with Crippen LogP contribution in [0, 0.1) is 0 Å². The highest BCUT2D eigenvalue weighted by Gasteiger charge is 2.18. The van der Waals surface area contributed by atoms with Gasteiger partial charge in [0.25, 0.3) is 0 Å². The molecular weight excluding hydrogens is 218 g/mol. The highest BCUT2D eigenvalue weighted by molar-refractivity contribution is 5.94. The molecule has 96 valence electrons. The van der Waals surface area contributed by atoms with Gasteiger partial charge >= 0.3 is 0 Å². The van der Waals surface area contributed by atoms with E-state index in [9.17, 15) is 0 Å². The van der Waals surface area contributed by atoms with E-state index in [1.807, 2.05) is 0 Å². The maximum Gasteiger partial charge on any atom is 0.0440 e. The van der Waals surface area contributed by atoms with E-state index >= 15 is 0 Å². The van der Waals surface area contributed by atoms with Crippen LogP contribution in [0.25, 0.3) is 10.8 Å². The molecule has 2 aromatic carbocycles. The Morgan fingerprint density at radius 3 is 2.39 bits per heavy atom. The van der Waals surface area contributed by atoms with Crippen LogP contribution in [0.1, 0.15) is 32.8 Å². The fraction of sp³-hybridized carbons (Fsp3) is 0.412. The zero-order valence-electron chi connectivity index (χ0n) is 12.1. The molecule has 0 atom stereocenters. The minimum atomic E-state index is 0.252. The average molecular weight is 241 g/mol. The van der Waals surface area contributed by atoms with Gasteiger partial charge in [0.15, 0.2) is 0 Å². The smallest absolute Gasteiger partial charge is 0.0440 e. The van der Waals surface area contributed by atoms with Crippen LogP contribution in [-0.2, 0) is 5.41 Å². The van der Waals surface area contributed by atoms with Gasteiger partial charge in [0.1, 0.15) is 0 Å². The predicted molar refractivity (Wildman–Crippen MR) is 81.6 cm³/mol. The van der Waals surface area contributed by atoms with E-state index in [1.54, 1.807) is 0 Å². The summed E-state index contributed by atoms with van der Waals surface area (Å²) in [7, 11) is 4.19. The second-order valence-corrected chi connectivity index (χ2v) is 5.84. The van der Waals surface area contributed by atoms with Gasteiger partial charge in [0, 0.05) is 25.2 Å². The quantitative estimate of drug-likeness (QED) is 0.759. The van der Waals surface area contributed by atoms with Gasteiger partial charge in [-0.15, -0.1) is 0 Å². The molecule has 0 amide bonds. The first-order valence-corrected chi connectivity index (χ1v) is 6.66. The van der Waals surface area contributed by atoms with Crippen LogP contribution in [0.3, 0.4) is 0 Å². The van der Waals surface area contributed by atoms with E-state index < -0.39 is 0 Å². The number of hydrogen-bond acceptors (Lipinski definition) is 1. The summed E-state index contributed by atoms with van der Waals surface area (Å²) in [6, 6.07) is 13.4. The SMILES string of the molecule is CCC(C)(C)c1ccc2c(N(C)C)cccc2c1. The number of anilines is 1. The van der Waals surface area contributed by atoms with Crippen molar-refractivity contribution < 1.29 is 0 Å². The molecule has 0 fully saturated rings. The van der Waals surface area contributed by atoms with Gasteiger partial charge in [-0.3, -0.25) is 0 Å². The van der Waals surface area contributed by atoms with Crippen molar-refractivity contribution in [3.8, 4) is 0 Å². The van der Waals surface area contributed by atoms with Crippen molar-refractivity contribution in [3.05, 3.63) is 42.0 Å². The lowest BCUT2D eigenvalue weighted by molar-refractivity contribution is 0.507. The number of benzene rings is 2. The van der Waals surface area contributed by atoms with Crippen molar-refractivity contribution in [3.63, 3.8) is 0 Å². The predicted octanol–water partition coefficient (Wildman–Crippen LogP) is 4.59. The van der Waals surface area contributed by atoms with Gasteiger partial charge in [-0.05, 0) is 28.9 Å². The molecule has 0 heterocycles. The van der Waals surface area contributed by atoms with Gasteiger partial charge in [0.05, 0.1) is 0 Å². The molecule has 1 heteroatoms. The zero-order chi connectivity index (χ0) is 13.3. The van der Waals surface area contributed by atoms with Crippen molar-refractivity contribution in [2.24, 2.45) is 0 Å². The molecule has 0 unspecified atom stereocenters. The number of hydrogen-bond donors (Lipinski definition) is 0. The summed E-state index contributed by atoms with van der Waals surface area (Å²) in [4.78, 5) is 2.17. The molecule has 2 rings (SSSR count). The molecule has 1 nitrogen and oxygen atoms in total. The molecule has 0 N–H and O–H groups in total. The molecule has 18 heavy (non-hydrogen) atoms.